The van der Waals surface area contributed by atoms with E-state index in [9.17, 15) is 4.79 Å². The van der Waals surface area contributed by atoms with Gasteiger partial charge in [0.25, 0.3) is 5.12 Å². The lowest BCUT2D eigenvalue weighted by atomic mass is 10.3. The summed E-state index contributed by atoms with van der Waals surface area (Å²) in [4.78, 5) is 10.7. The number of hydrogen-bond donors (Lipinski definition) is 5. The van der Waals surface area contributed by atoms with Crippen LogP contribution in [-0.2, 0) is 9.53 Å². The van der Waals surface area contributed by atoms with Gasteiger partial charge in [0.1, 0.15) is 6.10 Å². The summed E-state index contributed by atoms with van der Waals surface area (Å²) in [6.45, 7) is 0.296. The van der Waals surface area contributed by atoms with Gasteiger partial charge in [-0.25, -0.2) is 4.79 Å². The Morgan fingerprint density at radius 3 is 2.38 bits per heavy atom. The van der Waals surface area contributed by atoms with Crippen LogP contribution in [0.25, 0.3) is 0 Å². The van der Waals surface area contributed by atoms with E-state index in [1.165, 1.54) is 0 Å². The highest BCUT2D eigenvalue weighted by molar-refractivity contribution is 7.81. The van der Waals surface area contributed by atoms with Gasteiger partial charge in [-0.3, -0.25) is 0 Å². The summed E-state index contributed by atoms with van der Waals surface area (Å²) < 4.78 is 4.17. The summed E-state index contributed by atoms with van der Waals surface area (Å²) in [5, 5.41) is 32.6. The Balaban J connectivity index is 4.24. The predicted octanol–water partition coefficient (Wildman–Crippen LogP) is -2.16. The van der Waals surface area contributed by atoms with Crippen molar-refractivity contribution in [1.29, 1.82) is 0 Å². The molecule has 7 heteroatoms. The van der Waals surface area contributed by atoms with Crippen LogP contribution in [0.3, 0.4) is 0 Å². The molecule has 0 bridgehead atoms. The number of carbonyl (C=O) groups is 1. The van der Waals surface area contributed by atoms with Crippen LogP contribution in [0.4, 0.5) is 0 Å². The van der Waals surface area contributed by atoms with Crippen molar-refractivity contribution in [2.45, 2.75) is 24.3 Å². The van der Waals surface area contributed by atoms with E-state index in [4.69, 9.17) is 20.4 Å². The molecule has 0 aromatic rings. The first kappa shape index (κ1) is 12.7. The lowest BCUT2D eigenvalue weighted by Gasteiger charge is -2.26. The summed E-state index contributed by atoms with van der Waals surface area (Å²) >= 11 is 3.39. The fraction of sp³-hybridized carbons (Fsp3) is 0.833. The quantitative estimate of drug-likeness (QED) is 0.206. The number of thiol groups is 1. The SMILES string of the molecule is CC(O)C(=O)OC(O)(S)C(O)CO. The molecule has 0 spiro atoms. The van der Waals surface area contributed by atoms with Gasteiger partial charge in [0.15, 0.2) is 6.10 Å². The van der Waals surface area contributed by atoms with Crippen LogP contribution < -0.4 is 0 Å². The molecule has 0 aliphatic heterocycles. The van der Waals surface area contributed by atoms with E-state index in [0.29, 0.717) is 0 Å². The minimum atomic E-state index is -2.50. The van der Waals surface area contributed by atoms with Crippen molar-refractivity contribution in [3.63, 3.8) is 0 Å². The predicted molar refractivity (Wildman–Crippen MR) is 44.8 cm³/mol. The van der Waals surface area contributed by atoms with Gasteiger partial charge in [0, 0.05) is 0 Å². The summed E-state index contributed by atoms with van der Waals surface area (Å²) in [6.07, 6.45) is -3.18. The zero-order chi connectivity index (χ0) is 10.6. The normalized spacial score (nSPS) is 20.2. The second-order valence-electron chi connectivity index (χ2n) is 2.45. The molecule has 0 aromatic carbocycles. The van der Waals surface area contributed by atoms with Gasteiger partial charge in [-0.1, -0.05) is 12.6 Å². The molecule has 3 atom stereocenters. The lowest BCUT2D eigenvalue weighted by Crippen LogP contribution is -2.45. The molecular formula is C6H12O6S. The summed E-state index contributed by atoms with van der Waals surface area (Å²) in [7, 11) is 0. The molecule has 0 saturated carbocycles. The third-order valence-electron chi connectivity index (χ3n) is 1.20. The monoisotopic (exact) mass is 212 g/mol. The van der Waals surface area contributed by atoms with Crippen molar-refractivity contribution in [2.75, 3.05) is 6.61 Å². The first-order valence-electron chi connectivity index (χ1n) is 3.46. The molecule has 0 rings (SSSR count). The van der Waals surface area contributed by atoms with Gasteiger partial charge in [-0.05, 0) is 6.92 Å². The summed E-state index contributed by atoms with van der Waals surface area (Å²) in [6, 6.07) is 0. The second kappa shape index (κ2) is 4.77. The van der Waals surface area contributed by atoms with Crippen molar-refractivity contribution in [2.24, 2.45) is 0 Å². The number of carbonyl (C=O) groups excluding carboxylic acids is 1. The van der Waals surface area contributed by atoms with Crippen LogP contribution in [0.1, 0.15) is 6.92 Å². The van der Waals surface area contributed by atoms with Crippen LogP contribution in [0.15, 0.2) is 0 Å². The van der Waals surface area contributed by atoms with Gasteiger partial charge in [0.2, 0.25) is 0 Å². The van der Waals surface area contributed by atoms with E-state index < -0.39 is 29.9 Å². The standard InChI is InChI=1S/C6H12O6S/c1-3(8)5(10)12-6(11,13)4(9)2-7/h3-4,7-9,11,13H,2H2,1H3. The Bertz CT molecular complexity index is 180. The highest BCUT2D eigenvalue weighted by atomic mass is 32.1. The van der Waals surface area contributed by atoms with Crippen LogP contribution in [0.5, 0.6) is 0 Å². The Hall–Kier alpha value is -0.340. The van der Waals surface area contributed by atoms with Crippen molar-refractivity contribution in [1.82, 2.24) is 0 Å². The molecular weight excluding hydrogens is 200 g/mol. The highest BCUT2D eigenvalue weighted by Gasteiger charge is 2.36. The third kappa shape index (κ3) is 3.92. The topological polar surface area (TPSA) is 107 Å². The number of aliphatic hydroxyl groups is 4. The number of rotatable bonds is 4. The Labute approximate surface area is 80.2 Å². The minimum absolute atomic E-state index is 0.826. The van der Waals surface area contributed by atoms with Crippen LogP contribution in [0, 0.1) is 0 Å². The molecule has 78 valence electrons. The van der Waals surface area contributed by atoms with Gasteiger partial charge < -0.3 is 25.2 Å². The van der Waals surface area contributed by atoms with Crippen LogP contribution in [-0.4, -0.2) is 50.3 Å². The van der Waals surface area contributed by atoms with Gasteiger partial charge in [-0.2, -0.15) is 0 Å². The second-order valence-corrected chi connectivity index (χ2v) is 3.09. The maximum Gasteiger partial charge on any atom is 0.337 e. The summed E-state index contributed by atoms with van der Waals surface area (Å²) in [5.41, 5.74) is 0. The maximum absolute atomic E-state index is 10.7. The average Bonchev–Trinajstić information content (AvgIpc) is 2.01. The van der Waals surface area contributed by atoms with Crippen LogP contribution in [0.2, 0.25) is 0 Å². The lowest BCUT2D eigenvalue weighted by molar-refractivity contribution is -0.211. The molecule has 0 amide bonds. The zero-order valence-corrected chi connectivity index (χ0v) is 7.81. The Morgan fingerprint density at radius 1 is 1.62 bits per heavy atom. The van der Waals surface area contributed by atoms with Gasteiger partial charge in [-0.15, -0.1) is 0 Å². The van der Waals surface area contributed by atoms with E-state index in [1.54, 1.807) is 0 Å². The molecule has 0 aromatic heterocycles. The van der Waals surface area contributed by atoms with E-state index in [1.807, 2.05) is 0 Å². The number of esters is 1. The molecule has 0 saturated heterocycles. The fourth-order valence-electron chi connectivity index (χ4n) is 0.420. The smallest absolute Gasteiger partial charge is 0.337 e. The van der Waals surface area contributed by atoms with Crippen LogP contribution >= 0.6 is 12.6 Å². The van der Waals surface area contributed by atoms with Crippen molar-refractivity contribution in [3.05, 3.63) is 0 Å². The third-order valence-corrected chi connectivity index (χ3v) is 1.59. The number of hydrogen-bond acceptors (Lipinski definition) is 7. The fourth-order valence-corrected chi connectivity index (χ4v) is 0.592. The van der Waals surface area contributed by atoms with Gasteiger partial charge >= 0.3 is 5.97 Å². The molecule has 0 heterocycles. The molecule has 3 unspecified atom stereocenters. The molecule has 4 N–H and O–H groups in total. The summed E-state index contributed by atoms with van der Waals surface area (Å²) in [5.74, 6) is -1.15. The first-order chi connectivity index (χ1) is 5.81. The number of ether oxygens (including phenoxy) is 1. The zero-order valence-electron chi connectivity index (χ0n) is 6.91. The van der Waals surface area contributed by atoms with Crippen molar-refractivity contribution in [3.8, 4) is 0 Å². The van der Waals surface area contributed by atoms with Gasteiger partial charge in [0.05, 0.1) is 6.61 Å². The average molecular weight is 212 g/mol. The van der Waals surface area contributed by atoms with E-state index >= 15 is 0 Å². The highest BCUT2D eigenvalue weighted by Crippen LogP contribution is 2.18. The van der Waals surface area contributed by atoms with E-state index in [2.05, 4.69) is 17.4 Å². The Morgan fingerprint density at radius 2 is 2.08 bits per heavy atom. The van der Waals surface area contributed by atoms with Crippen molar-refractivity contribution < 1.29 is 30.0 Å². The molecule has 0 aliphatic carbocycles. The molecule has 0 aliphatic rings. The molecule has 13 heavy (non-hydrogen) atoms. The molecule has 6 nitrogen and oxygen atoms in total. The van der Waals surface area contributed by atoms with Crippen molar-refractivity contribution >= 4 is 18.6 Å². The maximum atomic E-state index is 10.7. The molecule has 0 fully saturated rings. The van der Waals surface area contributed by atoms with E-state index in [0.717, 1.165) is 6.92 Å². The minimum Gasteiger partial charge on any atom is -0.419 e. The largest absolute Gasteiger partial charge is 0.419 e. The molecule has 0 radical (unpaired) electrons. The first-order valence-corrected chi connectivity index (χ1v) is 3.90. The van der Waals surface area contributed by atoms with E-state index in [-0.39, 0.29) is 0 Å². The Kier molecular flexibility index (Phi) is 4.65. The number of aliphatic hydroxyl groups excluding tert-OH is 3.